The molecule has 1 aromatic rings. The molecule has 0 spiro atoms. The Labute approximate surface area is 85.2 Å². The topological polar surface area (TPSA) is 116 Å². The monoisotopic (exact) mass is 213 g/mol. The average molecular weight is 213 g/mol. The van der Waals surface area contributed by atoms with Crippen LogP contribution in [0.15, 0.2) is 0 Å². The number of carbonyl (C=O) groups is 1. The zero-order valence-electron chi connectivity index (χ0n) is 8.35. The fourth-order valence-electron chi connectivity index (χ4n) is 1.29. The Balaban J connectivity index is 3.07. The molecule has 0 saturated carbocycles. The van der Waals surface area contributed by atoms with Crippen molar-refractivity contribution in [1.82, 2.24) is 15.2 Å². The van der Waals surface area contributed by atoms with E-state index in [2.05, 4.69) is 5.10 Å². The number of amides is 1. The summed E-state index contributed by atoms with van der Waals surface area (Å²) in [5, 5.41) is 14.5. The molecule has 0 atom stereocenters. The van der Waals surface area contributed by atoms with Crippen LogP contribution in [0.2, 0.25) is 0 Å². The van der Waals surface area contributed by atoms with Gasteiger partial charge in [0, 0.05) is 0 Å². The van der Waals surface area contributed by atoms with E-state index in [9.17, 15) is 14.9 Å². The van der Waals surface area contributed by atoms with Crippen LogP contribution in [0.25, 0.3) is 0 Å². The number of nitro groups is 1. The average Bonchev–Trinajstić information content (AvgIpc) is 2.41. The predicted molar refractivity (Wildman–Crippen MR) is 50.7 cm³/mol. The van der Waals surface area contributed by atoms with Crippen LogP contribution in [0, 0.1) is 24.0 Å². The lowest BCUT2D eigenvalue weighted by atomic mass is 10.3. The molecule has 82 valence electrons. The number of aromatic nitrogens is 2. The smallest absolute Gasteiger partial charge is 0.293 e. The van der Waals surface area contributed by atoms with Crippen molar-refractivity contribution in [2.75, 3.05) is 0 Å². The summed E-state index contributed by atoms with van der Waals surface area (Å²) >= 11 is 0. The SMILES string of the molecule is Cc1nn(CC(=O)NN)c(C)c1[N+](=O)[O-]. The van der Waals surface area contributed by atoms with Gasteiger partial charge in [-0.25, -0.2) is 5.84 Å². The molecule has 8 heteroatoms. The number of carbonyl (C=O) groups excluding carboxylic acids is 1. The van der Waals surface area contributed by atoms with Crippen molar-refractivity contribution in [3.05, 3.63) is 21.5 Å². The summed E-state index contributed by atoms with van der Waals surface area (Å²) in [5.74, 6) is 4.44. The standard InChI is InChI=1S/C7H11N5O3/c1-4-7(12(14)15)5(2)11(10-4)3-6(13)9-8/h3,8H2,1-2H3,(H,9,13). The second-order valence-corrected chi connectivity index (χ2v) is 3.00. The molecule has 0 fully saturated rings. The van der Waals surface area contributed by atoms with Crippen LogP contribution in [-0.2, 0) is 11.3 Å². The number of nitrogens with two attached hydrogens (primary N) is 1. The van der Waals surface area contributed by atoms with Gasteiger partial charge in [0.05, 0.1) is 4.92 Å². The molecule has 0 aliphatic rings. The van der Waals surface area contributed by atoms with Crippen molar-refractivity contribution in [1.29, 1.82) is 0 Å². The van der Waals surface area contributed by atoms with Gasteiger partial charge in [0.2, 0.25) is 0 Å². The minimum absolute atomic E-state index is 0.0696. The third-order valence-corrected chi connectivity index (χ3v) is 1.98. The first-order valence-corrected chi connectivity index (χ1v) is 4.15. The van der Waals surface area contributed by atoms with Gasteiger partial charge >= 0.3 is 5.69 Å². The zero-order valence-corrected chi connectivity index (χ0v) is 8.35. The molecule has 0 aromatic carbocycles. The van der Waals surface area contributed by atoms with Gasteiger partial charge in [-0.2, -0.15) is 5.10 Å². The maximum atomic E-state index is 11.0. The normalized spacial score (nSPS) is 10.1. The Kier molecular flexibility index (Phi) is 3.00. The first-order valence-electron chi connectivity index (χ1n) is 4.15. The fourth-order valence-corrected chi connectivity index (χ4v) is 1.29. The van der Waals surface area contributed by atoms with E-state index in [4.69, 9.17) is 5.84 Å². The number of nitrogens with one attached hydrogen (secondary N) is 1. The summed E-state index contributed by atoms with van der Waals surface area (Å²) in [7, 11) is 0. The highest BCUT2D eigenvalue weighted by atomic mass is 16.6. The van der Waals surface area contributed by atoms with Crippen LogP contribution in [-0.4, -0.2) is 20.6 Å². The van der Waals surface area contributed by atoms with Crippen LogP contribution < -0.4 is 11.3 Å². The van der Waals surface area contributed by atoms with E-state index in [-0.39, 0.29) is 17.9 Å². The highest BCUT2D eigenvalue weighted by Crippen LogP contribution is 2.21. The highest BCUT2D eigenvalue weighted by Gasteiger charge is 2.22. The highest BCUT2D eigenvalue weighted by molar-refractivity contribution is 5.75. The first-order chi connectivity index (χ1) is 6.97. The quantitative estimate of drug-likeness (QED) is 0.301. The van der Waals surface area contributed by atoms with Crippen molar-refractivity contribution in [2.24, 2.45) is 5.84 Å². The number of hydrogen-bond acceptors (Lipinski definition) is 5. The Morgan fingerprint density at radius 1 is 1.67 bits per heavy atom. The van der Waals surface area contributed by atoms with Gasteiger partial charge in [-0.1, -0.05) is 0 Å². The molecule has 1 heterocycles. The molecule has 1 aromatic heterocycles. The van der Waals surface area contributed by atoms with Gasteiger partial charge in [0.15, 0.2) is 0 Å². The maximum Gasteiger partial charge on any atom is 0.312 e. The molecule has 0 saturated heterocycles. The molecule has 1 rings (SSSR count). The summed E-state index contributed by atoms with van der Waals surface area (Å²) in [6.07, 6.45) is 0. The number of hydrazine groups is 1. The number of rotatable bonds is 3. The van der Waals surface area contributed by atoms with Crippen LogP contribution in [0.4, 0.5) is 5.69 Å². The van der Waals surface area contributed by atoms with Crippen molar-refractivity contribution >= 4 is 11.6 Å². The second-order valence-electron chi connectivity index (χ2n) is 3.00. The molecule has 8 nitrogen and oxygen atoms in total. The molecule has 0 bridgehead atoms. The minimum atomic E-state index is -0.519. The molecular weight excluding hydrogens is 202 g/mol. The van der Waals surface area contributed by atoms with E-state index < -0.39 is 10.8 Å². The van der Waals surface area contributed by atoms with Crippen molar-refractivity contribution in [2.45, 2.75) is 20.4 Å². The fraction of sp³-hybridized carbons (Fsp3) is 0.429. The molecule has 1 amide bonds. The molecule has 0 unspecified atom stereocenters. The molecule has 15 heavy (non-hydrogen) atoms. The second kappa shape index (κ2) is 4.05. The Morgan fingerprint density at radius 2 is 2.27 bits per heavy atom. The van der Waals surface area contributed by atoms with E-state index in [0.29, 0.717) is 5.69 Å². The van der Waals surface area contributed by atoms with Crippen LogP contribution in [0.1, 0.15) is 11.4 Å². The number of hydrogen-bond donors (Lipinski definition) is 2. The Hall–Kier alpha value is -1.96. The molecule has 0 radical (unpaired) electrons. The van der Waals surface area contributed by atoms with E-state index in [0.717, 1.165) is 0 Å². The summed E-state index contributed by atoms with van der Waals surface area (Å²) in [6, 6.07) is 0. The largest absolute Gasteiger partial charge is 0.312 e. The van der Waals surface area contributed by atoms with Crippen LogP contribution in [0.3, 0.4) is 0 Å². The van der Waals surface area contributed by atoms with E-state index in [1.54, 1.807) is 0 Å². The molecule has 0 aliphatic carbocycles. The maximum absolute atomic E-state index is 11.0. The van der Waals surface area contributed by atoms with E-state index in [1.165, 1.54) is 18.5 Å². The number of aryl methyl sites for hydroxylation is 1. The third-order valence-electron chi connectivity index (χ3n) is 1.98. The molecule has 0 aliphatic heterocycles. The van der Waals surface area contributed by atoms with E-state index >= 15 is 0 Å². The van der Waals surface area contributed by atoms with Crippen LogP contribution in [0.5, 0.6) is 0 Å². The zero-order chi connectivity index (χ0) is 11.6. The van der Waals surface area contributed by atoms with Crippen molar-refractivity contribution < 1.29 is 9.72 Å². The summed E-state index contributed by atoms with van der Waals surface area (Å²) in [5.41, 5.74) is 2.47. The lowest BCUT2D eigenvalue weighted by Gasteiger charge is -2.01. The van der Waals surface area contributed by atoms with Gasteiger partial charge in [-0.05, 0) is 13.8 Å². The Bertz CT molecular complexity index is 411. The third kappa shape index (κ3) is 2.10. The first kappa shape index (κ1) is 11.1. The summed E-state index contributed by atoms with van der Waals surface area (Å²) < 4.78 is 1.25. The Morgan fingerprint density at radius 3 is 2.67 bits per heavy atom. The lowest BCUT2D eigenvalue weighted by molar-refractivity contribution is -0.386. The van der Waals surface area contributed by atoms with E-state index in [1.807, 2.05) is 5.43 Å². The molecule has 3 N–H and O–H groups in total. The minimum Gasteiger partial charge on any atom is -0.293 e. The van der Waals surface area contributed by atoms with Gasteiger partial charge < -0.3 is 0 Å². The van der Waals surface area contributed by atoms with Gasteiger partial charge in [0.1, 0.15) is 17.9 Å². The van der Waals surface area contributed by atoms with Crippen molar-refractivity contribution in [3.63, 3.8) is 0 Å². The number of nitrogens with zero attached hydrogens (tertiary/aromatic N) is 3. The van der Waals surface area contributed by atoms with Crippen molar-refractivity contribution in [3.8, 4) is 0 Å². The van der Waals surface area contributed by atoms with Gasteiger partial charge in [0.25, 0.3) is 5.91 Å². The molecular formula is C7H11N5O3. The summed E-state index contributed by atoms with van der Waals surface area (Å²) in [6.45, 7) is 2.92. The predicted octanol–water partition coefficient (Wildman–Crippen LogP) is -0.602. The van der Waals surface area contributed by atoms with Crippen LogP contribution >= 0.6 is 0 Å². The van der Waals surface area contributed by atoms with Gasteiger partial charge in [-0.15, -0.1) is 0 Å². The van der Waals surface area contributed by atoms with Gasteiger partial charge in [-0.3, -0.25) is 25.0 Å². The summed E-state index contributed by atoms with van der Waals surface area (Å²) in [4.78, 5) is 21.1. The lowest BCUT2D eigenvalue weighted by Crippen LogP contribution is -2.33.